The van der Waals surface area contributed by atoms with Gasteiger partial charge in [0.2, 0.25) is 0 Å². The molecule has 0 aliphatic rings. The monoisotopic (exact) mass is 435 g/mol. The van der Waals surface area contributed by atoms with Crippen LogP contribution < -0.4 is 20.2 Å². The van der Waals surface area contributed by atoms with E-state index >= 15 is 0 Å². The molecule has 0 bridgehead atoms. The molecule has 164 valence electrons. The molecular weight excluding hydrogens is 415 g/mol. The molecule has 0 fully saturated rings. The Balaban J connectivity index is 1.99. The Kier molecular flexibility index (Phi) is 8.18. The van der Waals surface area contributed by atoms with Gasteiger partial charge in [-0.25, -0.2) is 5.43 Å². The molecule has 2 aromatic rings. The summed E-state index contributed by atoms with van der Waals surface area (Å²) in [5, 5.41) is 5.76. The summed E-state index contributed by atoms with van der Waals surface area (Å²) < 4.78 is 49.1. The fraction of sp³-hybridized carbons (Fsp3) is 0.190. The second-order valence-electron chi connectivity index (χ2n) is 5.97. The van der Waals surface area contributed by atoms with Crippen LogP contribution in [-0.4, -0.2) is 31.2 Å². The van der Waals surface area contributed by atoms with Gasteiger partial charge in [0.1, 0.15) is 6.61 Å². The average Bonchev–Trinajstić information content (AvgIpc) is 2.73. The van der Waals surface area contributed by atoms with Crippen LogP contribution in [0.5, 0.6) is 11.5 Å². The van der Waals surface area contributed by atoms with Crippen LogP contribution in [0.1, 0.15) is 18.1 Å². The van der Waals surface area contributed by atoms with E-state index in [1.165, 1.54) is 12.3 Å². The Morgan fingerprint density at radius 1 is 1.10 bits per heavy atom. The molecule has 0 atom stereocenters. The van der Waals surface area contributed by atoms with Crippen LogP contribution in [0.3, 0.4) is 0 Å². The largest absolute Gasteiger partial charge is 0.490 e. The summed E-state index contributed by atoms with van der Waals surface area (Å²) in [6.45, 7) is 6.07. The first-order valence-electron chi connectivity index (χ1n) is 9.06. The smallest absolute Gasteiger partial charge is 0.416 e. The minimum atomic E-state index is -4.57. The summed E-state index contributed by atoms with van der Waals surface area (Å²) in [6, 6.07) is 8.85. The molecule has 0 saturated heterocycles. The van der Waals surface area contributed by atoms with E-state index in [1.807, 2.05) is 5.43 Å². The van der Waals surface area contributed by atoms with Gasteiger partial charge in [0.05, 0.1) is 18.4 Å². The molecule has 2 rings (SSSR count). The summed E-state index contributed by atoms with van der Waals surface area (Å²) >= 11 is 0. The highest BCUT2D eigenvalue weighted by Gasteiger charge is 2.30. The first-order valence-corrected chi connectivity index (χ1v) is 9.06. The Bertz CT molecular complexity index is 975. The zero-order valence-electron chi connectivity index (χ0n) is 16.5. The number of ether oxygens (including phenoxy) is 2. The second kappa shape index (κ2) is 10.8. The van der Waals surface area contributed by atoms with E-state index in [4.69, 9.17) is 9.47 Å². The third-order valence-electron chi connectivity index (χ3n) is 3.66. The molecule has 0 heterocycles. The lowest BCUT2D eigenvalue weighted by Gasteiger charge is -2.11. The third-order valence-corrected chi connectivity index (χ3v) is 3.66. The highest BCUT2D eigenvalue weighted by molar-refractivity contribution is 6.39. The summed E-state index contributed by atoms with van der Waals surface area (Å²) in [5.74, 6) is -1.35. The van der Waals surface area contributed by atoms with Crippen molar-refractivity contribution in [2.24, 2.45) is 5.10 Å². The van der Waals surface area contributed by atoms with Crippen LogP contribution in [0.4, 0.5) is 18.9 Å². The zero-order valence-corrected chi connectivity index (χ0v) is 16.5. The van der Waals surface area contributed by atoms with Crippen LogP contribution >= 0.6 is 0 Å². The Morgan fingerprint density at radius 2 is 1.87 bits per heavy atom. The van der Waals surface area contributed by atoms with Crippen LogP contribution in [-0.2, 0) is 15.8 Å². The van der Waals surface area contributed by atoms with Crippen molar-refractivity contribution in [1.82, 2.24) is 5.43 Å². The Morgan fingerprint density at radius 3 is 2.55 bits per heavy atom. The minimum absolute atomic E-state index is 0.171. The number of nitrogens with one attached hydrogen (secondary N) is 2. The summed E-state index contributed by atoms with van der Waals surface area (Å²) in [7, 11) is 0. The Labute approximate surface area is 176 Å². The molecule has 0 aliphatic carbocycles. The SMILES string of the molecule is C=CCOc1ccc(/C=N\NC(=O)C(=O)Nc2cccc(C(F)(F)F)c2)cc1OCC. The lowest BCUT2D eigenvalue weighted by Crippen LogP contribution is -2.32. The molecule has 0 aliphatic heterocycles. The number of carbonyl (C=O) groups is 2. The maximum atomic E-state index is 12.7. The molecule has 0 spiro atoms. The lowest BCUT2D eigenvalue weighted by molar-refractivity contribution is -0.137. The topological polar surface area (TPSA) is 89.0 Å². The number of amides is 2. The standard InChI is InChI=1S/C21H20F3N3O4/c1-3-10-31-17-9-8-14(11-18(17)30-4-2)13-25-27-20(29)19(28)26-16-7-5-6-15(12-16)21(22,23)24/h3,5-9,11-13H,1,4,10H2,2H3,(H,26,28)(H,27,29)/b25-13-. The first-order chi connectivity index (χ1) is 14.7. The number of benzene rings is 2. The van der Waals surface area contributed by atoms with E-state index in [2.05, 4.69) is 17.0 Å². The zero-order chi connectivity index (χ0) is 22.9. The van der Waals surface area contributed by atoms with Gasteiger partial charge in [-0.3, -0.25) is 9.59 Å². The summed E-state index contributed by atoms with van der Waals surface area (Å²) in [5.41, 5.74) is 1.44. The molecule has 0 unspecified atom stereocenters. The molecule has 0 aromatic heterocycles. The predicted molar refractivity (Wildman–Crippen MR) is 109 cm³/mol. The third kappa shape index (κ3) is 7.18. The fourth-order valence-electron chi connectivity index (χ4n) is 2.32. The molecule has 31 heavy (non-hydrogen) atoms. The molecule has 2 amide bonds. The van der Waals surface area contributed by atoms with Crippen molar-refractivity contribution in [3.63, 3.8) is 0 Å². The normalized spacial score (nSPS) is 11.1. The molecule has 0 radical (unpaired) electrons. The van der Waals surface area contributed by atoms with Crippen LogP contribution in [0.15, 0.2) is 60.2 Å². The molecule has 2 aromatic carbocycles. The van der Waals surface area contributed by atoms with E-state index in [-0.39, 0.29) is 5.69 Å². The first kappa shape index (κ1) is 23.5. The average molecular weight is 435 g/mol. The van der Waals surface area contributed by atoms with Gasteiger partial charge in [0, 0.05) is 5.69 Å². The quantitative estimate of drug-likeness (QED) is 0.286. The number of halogens is 3. The number of anilines is 1. The van der Waals surface area contributed by atoms with E-state index in [9.17, 15) is 22.8 Å². The van der Waals surface area contributed by atoms with Crippen molar-refractivity contribution in [3.05, 3.63) is 66.2 Å². The van der Waals surface area contributed by atoms with Gasteiger partial charge >= 0.3 is 18.0 Å². The fourth-order valence-corrected chi connectivity index (χ4v) is 2.32. The Hall–Kier alpha value is -3.82. The number of hydrogen-bond acceptors (Lipinski definition) is 5. The maximum Gasteiger partial charge on any atom is 0.416 e. The van der Waals surface area contributed by atoms with Crippen LogP contribution in [0.2, 0.25) is 0 Å². The van der Waals surface area contributed by atoms with Gasteiger partial charge in [0.25, 0.3) is 0 Å². The maximum absolute atomic E-state index is 12.7. The molecule has 2 N–H and O–H groups in total. The summed E-state index contributed by atoms with van der Waals surface area (Å²) in [4.78, 5) is 23.7. The number of hydrogen-bond donors (Lipinski definition) is 2. The summed E-state index contributed by atoms with van der Waals surface area (Å²) in [6.07, 6.45) is -1.71. The number of rotatable bonds is 8. The number of nitrogens with zero attached hydrogens (tertiary/aromatic N) is 1. The molecule has 7 nitrogen and oxygen atoms in total. The molecular formula is C21H20F3N3O4. The van der Waals surface area contributed by atoms with Gasteiger partial charge in [-0.1, -0.05) is 18.7 Å². The minimum Gasteiger partial charge on any atom is -0.490 e. The van der Waals surface area contributed by atoms with Crippen LogP contribution in [0, 0.1) is 0 Å². The van der Waals surface area contributed by atoms with Crippen molar-refractivity contribution in [2.45, 2.75) is 13.1 Å². The van der Waals surface area contributed by atoms with E-state index in [0.717, 1.165) is 18.2 Å². The van der Waals surface area contributed by atoms with Gasteiger partial charge < -0.3 is 14.8 Å². The highest BCUT2D eigenvalue weighted by Crippen LogP contribution is 2.30. The second-order valence-corrected chi connectivity index (χ2v) is 5.97. The van der Waals surface area contributed by atoms with Crippen molar-refractivity contribution in [2.75, 3.05) is 18.5 Å². The predicted octanol–water partition coefficient (Wildman–Crippen LogP) is 3.76. The molecule has 10 heteroatoms. The lowest BCUT2D eigenvalue weighted by atomic mass is 10.2. The van der Waals surface area contributed by atoms with Crippen molar-refractivity contribution >= 4 is 23.7 Å². The molecule has 0 saturated carbocycles. The van der Waals surface area contributed by atoms with Gasteiger partial charge in [-0.2, -0.15) is 18.3 Å². The van der Waals surface area contributed by atoms with Crippen molar-refractivity contribution < 1.29 is 32.2 Å². The van der Waals surface area contributed by atoms with Crippen molar-refractivity contribution in [3.8, 4) is 11.5 Å². The number of carbonyl (C=O) groups excluding carboxylic acids is 2. The van der Waals surface area contributed by atoms with Gasteiger partial charge in [-0.15, -0.1) is 0 Å². The van der Waals surface area contributed by atoms with Crippen LogP contribution in [0.25, 0.3) is 0 Å². The van der Waals surface area contributed by atoms with E-state index in [1.54, 1.807) is 31.2 Å². The highest BCUT2D eigenvalue weighted by atomic mass is 19.4. The van der Waals surface area contributed by atoms with Gasteiger partial charge in [0.15, 0.2) is 11.5 Å². The number of alkyl halides is 3. The van der Waals surface area contributed by atoms with E-state index < -0.39 is 23.6 Å². The van der Waals surface area contributed by atoms with E-state index in [0.29, 0.717) is 30.3 Å². The van der Waals surface area contributed by atoms with Crippen molar-refractivity contribution in [1.29, 1.82) is 0 Å². The number of hydrazone groups is 1. The van der Waals surface area contributed by atoms with Gasteiger partial charge in [-0.05, 0) is 48.9 Å².